The maximum absolute atomic E-state index is 13.2. The first kappa shape index (κ1) is 21.2. The molecular formula is C22H22FN5O4. The minimum Gasteiger partial charge on any atom is -0.486 e. The number of amides is 3. The van der Waals surface area contributed by atoms with E-state index in [1.807, 2.05) is 31.2 Å². The number of rotatable bonds is 5. The van der Waals surface area contributed by atoms with Gasteiger partial charge in [0.05, 0.1) is 19.1 Å². The highest BCUT2D eigenvalue weighted by Crippen LogP contribution is 2.31. The lowest BCUT2D eigenvalue weighted by Gasteiger charge is -2.30. The fourth-order valence-corrected chi connectivity index (χ4v) is 3.28. The standard InChI is InChI=1S/C22H22FN5O4/c1-2-27(12-17-13-31-19-5-3-4-6-20(19)32-17)22(30)26-25-21(29)18-11-24-14-28(18)16-9-7-15(23)8-10-16/h3-11,14,17H,2,12-13H2,1H3,(H,25,29)(H,26,30)/t17-/m1/s1. The molecule has 3 amide bonds. The molecule has 1 aliphatic rings. The summed E-state index contributed by atoms with van der Waals surface area (Å²) in [6.07, 6.45) is 2.44. The molecule has 9 nitrogen and oxygen atoms in total. The lowest BCUT2D eigenvalue weighted by molar-refractivity contribution is 0.0665. The Balaban J connectivity index is 1.34. The highest BCUT2D eigenvalue weighted by Gasteiger charge is 2.25. The maximum Gasteiger partial charge on any atom is 0.336 e. The van der Waals surface area contributed by atoms with Gasteiger partial charge in [0.25, 0.3) is 5.91 Å². The van der Waals surface area contributed by atoms with Crippen molar-refractivity contribution < 1.29 is 23.5 Å². The molecule has 1 aromatic heterocycles. The Kier molecular flexibility index (Phi) is 6.20. The Hall–Kier alpha value is -4.08. The van der Waals surface area contributed by atoms with Gasteiger partial charge in [-0.15, -0.1) is 0 Å². The number of hydrazine groups is 1. The molecule has 2 heterocycles. The third-order valence-electron chi connectivity index (χ3n) is 4.92. The molecule has 0 fully saturated rings. The lowest BCUT2D eigenvalue weighted by Crippen LogP contribution is -2.52. The number of imidazole rings is 1. The Morgan fingerprint density at radius 1 is 1.16 bits per heavy atom. The molecule has 10 heteroatoms. The number of halogens is 1. The van der Waals surface area contributed by atoms with Gasteiger partial charge >= 0.3 is 6.03 Å². The van der Waals surface area contributed by atoms with E-state index in [0.717, 1.165) is 0 Å². The average molecular weight is 439 g/mol. The van der Waals surface area contributed by atoms with E-state index in [9.17, 15) is 14.0 Å². The number of urea groups is 1. The van der Waals surface area contributed by atoms with Gasteiger partial charge in [-0.3, -0.25) is 14.8 Å². The summed E-state index contributed by atoms with van der Waals surface area (Å²) < 4.78 is 26.2. The SMILES string of the molecule is CCN(C[C@@H]1COc2ccccc2O1)C(=O)NNC(=O)c1cncn1-c1ccc(F)cc1. The molecule has 0 saturated heterocycles. The van der Waals surface area contributed by atoms with E-state index in [4.69, 9.17) is 9.47 Å². The zero-order valence-electron chi connectivity index (χ0n) is 17.3. The van der Waals surface area contributed by atoms with Crippen LogP contribution in [0.2, 0.25) is 0 Å². The van der Waals surface area contributed by atoms with Crippen molar-refractivity contribution >= 4 is 11.9 Å². The van der Waals surface area contributed by atoms with Gasteiger partial charge < -0.3 is 14.4 Å². The predicted octanol–water partition coefficient (Wildman–Crippen LogP) is 2.53. The van der Waals surface area contributed by atoms with Crippen molar-refractivity contribution in [1.82, 2.24) is 25.3 Å². The van der Waals surface area contributed by atoms with E-state index in [1.165, 1.54) is 46.3 Å². The normalized spacial score (nSPS) is 14.5. The van der Waals surface area contributed by atoms with E-state index in [1.54, 1.807) is 0 Å². The van der Waals surface area contributed by atoms with Crippen LogP contribution in [-0.2, 0) is 0 Å². The number of nitrogens with zero attached hydrogens (tertiary/aromatic N) is 3. The summed E-state index contributed by atoms with van der Waals surface area (Å²) >= 11 is 0. The van der Waals surface area contributed by atoms with Gasteiger partial charge in [-0.2, -0.15) is 0 Å². The van der Waals surface area contributed by atoms with Crippen molar-refractivity contribution in [3.63, 3.8) is 0 Å². The van der Waals surface area contributed by atoms with Crippen LogP contribution in [-0.4, -0.2) is 52.2 Å². The minimum atomic E-state index is -0.567. The van der Waals surface area contributed by atoms with Gasteiger partial charge in [0.15, 0.2) is 17.6 Å². The molecule has 0 unspecified atom stereocenters. The zero-order valence-corrected chi connectivity index (χ0v) is 17.3. The molecule has 0 aliphatic carbocycles. The van der Waals surface area contributed by atoms with Crippen LogP contribution in [0.4, 0.5) is 9.18 Å². The summed E-state index contributed by atoms with van der Waals surface area (Å²) in [4.78, 5) is 30.7. The van der Waals surface area contributed by atoms with Crippen LogP contribution in [0.1, 0.15) is 17.4 Å². The van der Waals surface area contributed by atoms with Crippen molar-refractivity contribution in [3.8, 4) is 17.2 Å². The molecule has 1 atom stereocenters. The van der Waals surface area contributed by atoms with Crippen LogP contribution in [0.25, 0.3) is 5.69 Å². The summed E-state index contributed by atoms with van der Waals surface area (Å²) in [6, 6.07) is 12.5. The second kappa shape index (κ2) is 9.38. The monoisotopic (exact) mass is 439 g/mol. The summed E-state index contributed by atoms with van der Waals surface area (Å²) in [7, 11) is 0. The zero-order chi connectivity index (χ0) is 22.5. The van der Waals surface area contributed by atoms with Gasteiger partial charge in [0.1, 0.15) is 18.1 Å². The number of carbonyl (C=O) groups is 2. The second-order valence-electron chi connectivity index (χ2n) is 7.05. The van der Waals surface area contributed by atoms with E-state index in [-0.39, 0.29) is 24.2 Å². The van der Waals surface area contributed by atoms with E-state index >= 15 is 0 Å². The number of aromatic nitrogens is 2. The number of para-hydroxylation sites is 2. The number of likely N-dealkylation sites (N-methyl/N-ethyl adjacent to an activating group) is 1. The van der Waals surface area contributed by atoms with Crippen molar-refractivity contribution in [1.29, 1.82) is 0 Å². The number of hydrogen-bond donors (Lipinski definition) is 2. The van der Waals surface area contributed by atoms with Crippen LogP contribution >= 0.6 is 0 Å². The summed E-state index contributed by atoms with van der Waals surface area (Å²) in [5.74, 6) is 0.342. The van der Waals surface area contributed by atoms with Gasteiger partial charge in [0.2, 0.25) is 0 Å². The number of nitrogens with one attached hydrogen (secondary N) is 2. The largest absolute Gasteiger partial charge is 0.486 e. The lowest BCUT2D eigenvalue weighted by atomic mass is 10.2. The third kappa shape index (κ3) is 4.64. The molecule has 0 spiro atoms. The van der Waals surface area contributed by atoms with Gasteiger partial charge in [-0.05, 0) is 43.3 Å². The smallest absolute Gasteiger partial charge is 0.336 e. The predicted molar refractivity (Wildman–Crippen MR) is 113 cm³/mol. The van der Waals surface area contributed by atoms with Crippen molar-refractivity contribution in [2.45, 2.75) is 13.0 Å². The number of benzene rings is 2. The number of fused-ring (bicyclic) bond motifs is 1. The van der Waals surface area contributed by atoms with Crippen LogP contribution in [0.5, 0.6) is 11.5 Å². The Labute approximate surface area is 183 Å². The molecule has 1 aliphatic heterocycles. The van der Waals surface area contributed by atoms with Crippen LogP contribution in [0, 0.1) is 5.82 Å². The summed E-state index contributed by atoms with van der Waals surface area (Å²) in [5.41, 5.74) is 5.54. The number of carbonyl (C=O) groups excluding carboxylic acids is 2. The Morgan fingerprint density at radius 3 is 2.66 bits per heavy atom. The fourth-order valence-electron chi connectivity index (χ4n) is 3.28. The molecule has 4 rings (SSSR count). The molecule has 2 N–H and O–H groups in total. The van der Waals surface area contributed by atoms with Crippen LogP contribution in [0.3, 0.4) is 0 Å². The first-order chi connectivity index (χ1) is 15.5. The number of ether oxygens (including phenoxy) is 2. The fraction of sp³-hybridized carbons (Fsp3) is 0.227. The molecule has 0 saturated carbocycles. The third-order valence-corrected chi connectivity index (χ3v) is 4.92. The topological polar surface area (TPSA) is 97.7 Å². The first-order valence-electron chi connectivity index (χ1n) is 10.1. The molecule has 3 aromatic rings. The second-order valence-corrected chi connectivity index (χ2v) is 7.05. The van der Waals surface area contributed by atoms with E-state index < -0.39 is 11.9 Å². The summed E-state index contributed by atoms with van der Waals surface area (Å²) in [5, 5.41) is 0. The number of hydrogen-bond acceptors (Lipinski definition) is 5. The van der Waals surface area contributed by atoms with Gasteiger partial charge in [-0.25, -0.2) is 19.6 Å². The quantitative estimate of drug-likeness (QED) is 0.596. The van der Waals surface area contributed by atoms with Crippen LogP contribution < -0.4 is 20.3 Å². The highest BCUT2D eigenvalue weighted by molar-refractivity contribution is 5.94. The molecule has 2 aromatic carbocycles. The molecule has 0 bridgehead atoms. The Bertz CT molecular complexity index is 1100. The van der Waals surface area contributed by atoms with E-state index in [2.05, 4.69) is 15.8 Å². The maximum atomic E-state index is 13.2. The average Bonchev–Trinajstić information content (AvgIpc) is 3.31. The summed E-state index contributed by atoms with van der Waals surface area (Å²) in [6.45, 7) is 2.81. The van der Waals surface area contributed by atoms with Crippen molar-refractivity contribution in [2.24, 2.45) is 0 Å². The first-order valence-corrected chi connectivity index (χ1v) is 10.1. The van der Waals surface area contributed by atoms with Crippen LogP contribution in [0.15, 0.2) is 61.1 Å². The van der Waals surface area contributed by atoms with Gasteiger partial charge in [0, 0.05) is 12.2 Å². The van der Waals surface area contributed by atoms with Crippen molar-refractivity contribution in [3.05, 3.63) is 72.6 Å². The Morgan fingerprint density at radius 2 is 1.91 bits per heavy atom. The highest BCUT2D eigenvalue weighted by atomic mass is 19.1. The van der Waals surface area contributed by atoms with E-state index in [0.29, 0.717) is 30.3 Å². The minimum absolute atomic E-state index is 0.181. The molecule has 0 radical (unpaired) electrons. The van der Waals surface area contributed by atoms with Crippen molar-refractivity contribution in [2.75, 3.05) is 19.7 Å². The molecule has 166 valence electrons. The molecule has 32 heavy (non-hydrogen) atoms. The molecular weight excluding hydrogens is 417 g/mol. The van der Waals surface area contributed by atoms with Gasteiger partial charge in [-0.1, -0.05) is 12.1 Å².